The van der Waals surface area contributed by atoms with Crippen molar-refractivity contribution in [3.05, 3.63) is 11.9 Å². The Bertz CT molecular complexity index is 747. The van der Waals surface area contributed by atoms with Gasteiger partial charge in [-0.1, -0.05) is 13.8 Å². The molecule has 2 fully saturated rings. The molecule has 1 aliphatic heterocycles. The topological polar surface area (TPSA) is 107 Å². The Labute approximate surface area is 161 Å². The van der Waals surface area contributed by atoms with Crippen molar-refractivity contribution < 1.29 is 28.2 Å². The van der Waals surface area contributed by atoms with Crippen LogP contribution in [0, 0.1) is 11.8 Å². The number of halogens is 2. The molecule has 2 heterocycles. The molecule has 1 aliphatic carbocycles. The largest absolute Gasteiger partial charge is 0.548 e. The number of ether oxygens (including phenoxy) is 1. The lowest BCUT2D eigenvalue weighted by Crippen LogP contribution is -2.56. The molecule has 10 heteroatoms. The summed E-state index contributed by atoms with van der Waals surface area (Å²) < 4.78 is 32.0. The normalized spacial score (nSPS) is 19.1. The van der Waals surface area contributed by atoms with Crippen molar-refractivity contribution in [1.82, 2.24) is 15.3 Å². The van der Waals surface area contributed by atoms with Crippen molar-refractivity contribution >= 4 is 17.7 Å². The van der Waals surface area contributed by atoms with E-state index in [0.29, 0.717) is 12.5 Å². The summed E-state index contributed by atoms with van der Waals surface area (Å²) in [6, 6.07) is -1.17. The number of hydrogen-bond donors (Lipinski definition) is 1. The number of nitrogens with one attached hydrogen (secondary N) is 1. The Morgan fingerprint density at radius 2 is 2.07 bits per heavy atom. The summed E-state index contributed by atoms with van der Waals surface area (Å²) in [6.07, 6.45) is 3.38. The minimum atomic E-state index is -2.79. The van der Waals surface area contributed by atoms with Gasteiger partial charge in [-0.15, -0.1) is 0 Å². The number of amides is 1. The minimum Gasteiger partial charge on any atom is -0.548 e. The van der Waals surface area contributed by atoms with Gasteiger partial charge < -0.3 is 24.9 Å². The van der Waals surface area contributed by atoms with Crippen LogP contribution in [0.5, 0.6) is 5.88 Å². The Morgan fingerprint density at radius 1 is 1.39 bits per heavy atom. The third kappa shape index (κ3) is 5.05. The van der Waals surface area contributed by atoms with E-state index in [4.69, 9.17) is 4.74 Å². The molecule has 0 radical (unpaired) electrons. The van der Waals surface area contributed by atoms with Gasteiger partial charge in [0.1, 0.15) is 0 Å². The molecule has 1 atom stereocenters. The molecule has 1 amide bonds. The first-order chi connectivity index (χ1) is 13.1. The molecule has 28 heavy (non-hydrogen) atoms. The smallest absolute Gasteiger partial charge is 0.282 e. The zero-order valence-electron chi connectivity index (χ0n) is 15.8. The van der Waals surface area contributed by atoms with Crippen molar-refractivity contribution in [2.45, 2.75) is 45.1 Å². The third-order valence-corrected chi connectivity index (χ3v) is 4.55. The Balaban J connectivity index is 1.75. The van der Waals surface area contributed by atoms with E-state index in [1.54, 1.807) is 0 Å². The summed E-state index contributed by atoms with van der Waals surface area (Å²) in [5, 5.41) is 13.6. The van der Waals surface area contributed by atoms with Crippen molar-refractivity contribution in [2.24, 2.45) is 11.8 Å². The molecule has 1 N–H and O–H groups in total. The number of hydrogen-bond acceptors (Lipinski definition) is 7. The van der Waals surface area contributed by atoms with E-state index in [2.05, 4.69) is 15.3 Å². The Morgan fingerprint density at radius 3 is 2.61 bits per heavy atom. The zero-order valence-corrected chi connectivity index (χ0v) is 15.8. The maximum atomic E-state index is 13.2. The van der Waals surface area contributed by atoms with Gasteiger partial charge in [-0.3, -0.25) is 4.79 Å². The van der Waals surface area contributed by atoms with E-state index in [9.17, 15) is 23.5 Å². The fourth-order valence-corrected chi connectivity index (χ4v) is 2.85. The SMILES string of the molecule is CC(C)C[C@H](NC(=O)c1cnc(N2CC(F)(F)C2)c(OCC2CC2)n1)C(=O)[O-]. The van der Waals surface area contributed by atoms with E-state index < -0.39 is 36.9 Å². The highest BCUT2D eigenvalue weighted by Gasteiger charge is 2.46. The van der Waals surface area contributed by atoms with Crippen LogP contribution in [0.1, 0.15) is 43.6 Å². The molecule has 0 aromatic carbocycles. The molecule has 1 saturated heterocycles. The number of carboxylic acids is 1. The highest BCUT2D eigenvalue weighted by atomic mass is 19.3. The van der Waals surface area contributed by atoms with Gasteiger partial charge in [0.05, 0.1) is 37.9 Å². The van der Waals surface area contributed by atoms with Crippen LogP contribution < -0.4 is 20.1 Å². The highest BCUT2D eigenvalue weighted by molar-refractivity contribution is 5.94. The number of carbonyl (C=O) groups excluding carboxylic acids is 2. The lowest BCUT2D eigenvalue weighted by Gasteiger charge is -2.39. The van der Waals surface area contributed by atoms with Crippen LogP contribution in [0.25, 0.3) is 0 Å². The molecule has 1 saturated carbocycles. The van der Waals surface area contributed by atoms with Crippen LogP contribution in [-0.2, 0) is 4.79 Å². The fourth-order valence-electron chi connectivity index (χ4n) is 2.85. The third-order valence-electron chi connectivity index (χ3n) is 4.55. The predicted octanol–water partition coefficient (Wildman–Crippen LogP) is 0.615. The highest BCUT2D eigenvalue weighted by Crippen LogP contribution is 2.36. The maximum Gasteiger partial charge on any atom is 0.282 e. The summed E-state index contributed by atoms with van der Waals surface area (Å²) in [4.78, 5) is 33.2. The van der Waals surface area contributed by atoms with Crippen molar-refractivity contribution in [1.29, 1.82) is 0 Å². The van der Waals surface area contributed by atoms with Gasteiger partial charge in [0.2, 0.25) is 0 Å². The van der Waals surface area contributed by atoms with E-state index in [-0.39, 0.29) is 29.7 Å². The summed E-state index contributed by atoms with van der Waals surface area (Å²) in [6.45, 7) is 3.03. The van der Waals surface area contributed by atoms with Gasteiger partial charge in [0.15, 0.2) is 11.5 Å². The summed E-state index contributed by atoms with van der Waals surface area (Å²) >= 11 is 0. The van der Waals surface area contributed by atoms with Crippen LogP contribution in [0.3, 0.4) is 0 Å². The average molecular weight is 397 g/mol. The first kappa shape index (κ1) is 20.2. The Kier molecular flexibility index (Phi) is 5.66. The number of aliphatic carboxylic acids is 1. The van der Waals surface area contributed by atoms with E-state index in [1.165, 1.54) is 4.90 Å². The monoisotopic (exact) mass is 397 g/mol. The second kappa shape index (κ2) is 7.84. The fraction of sp³-hybridized carbons (Fsp3) is 0.667. The molecular weight excluding hydrogens is 374 g/mol. The van der Waals surface area contributed by atoms with Crippen LogP contribution >= 0.6 is 0 Å². The number of aromatic nitrogens is 2. The summed E-state index contributed by atoms with van der Waals surface area (Å²) in [5.74, 6) is -4.34. The van der Waals surface area contributed by atoms with Gasteiger partial charge >= 0.3 is 0 Å². The number of anilines is 1. The van der Waals surface area contributed by atoms with Gasteiger partial charge in [-0.05, 0) is 31.1 Å². The van der Waals surface area contributed by atoms with E-state index in [1.807, 2.05) is 13.8 Å². The average Bonchev–Trinajstić information content (AvgIpc) is 3.40. The van der Waals surface area contributed by atoms with Crippen molar-refractivity contribution in [2.75, 3.05) is 24.6 Å². The quantitative estimate of drug-likeness (QED) is 0.651. The van der Waals surface area contributed by atoms with Gasteiger partial charge in [-0.2, -0.15) is 0 Å². The second-order valence-corrected chi connectivity index (χ2v) is 7.83. The van der Waals surface area contributed by atoms with Crippen LogP contribution in [0.15, 0.2) is 6.20 Å². The molecule has 1 aromatic rings. The minimum absolute atomic E-state index is 0.00362. The number of rotatable bonds is 9. The molecule has 3 rings (SSSR count). The van der Waals surface area contributed by atoms with Crippen LogP contribution in [0.2, 0.25) is 0 Å². The number of nitrogens with zero attached hydrogens (tertiary/aromatic N) is 3. The number of alkyl halides is 2. The molecule has 0 unspecified atom stereocenters. The first-order valence-electron chi connectivity index (χ1n) is 9.29. The predicted molar refractivity (Wildman–Crippen MR) is 93.1 cm³/mol. The van der Waals surface area contributed by atoms with Gasteiger partial charge in [-0.25, -0.2) is 18.7 Å². The molecular formula is C18H23F2N4O4-. The Hall–Kier alpha value is -2.52. The molecule has 154 valence electrons. The molecule has 8 nitrogen and oxygen atoms in total. The first-order valence-corrected chi connectivity index (χ1v) is 9.29. The zero-order chi connectivity index (χ0) is 20.5. The van der Waals surface area contributed by atoms with Crippen molar-refractivity contribution in [3.8, 4) is 5.88 Å². The van der Waals surface area contributed by atoms with Crippen LogP contribution in [0.4, 0.5) is 14.6 Å². The lowest BCUT2D eigenvalue weighted by atomic mass is 10.0. The van der Waals surface area contributed by atoms with Gasteiger partial charge in [0.25, 0.3) is 17.7 Å². The molecule has 2 aliphatic rings. The molecule has 0 spiro atoms. The van der Waals surface area contributed by atoms with E-state index in [0.717, 1.165) is 19.0 Å². The van der Waals surface area contributed by atoms with Gasteiger partial charge in [0, 0.05) is 0 Å². The molecule has 1 aromatic heterocycles. The standard InChI is InChI=1S/C18H24F2N4O4/c1-10(2)5-12(17(26)27)22-15(25)13-6-21-14(24-8-18(19,20)9-24)16(23-13)28-7-11-3-4-11/h6,10-12H,3-5,7-9H2,1-2H3,(H,22,25)(H,26,27)/p-1/t12-/m0/s1. The number of carbonyl (C=O) groups is 2. The number of carboxylic acid groups (broad SMARTS) is 1. The lowest BCUT2D eigenvalue weighted by molar-refractivity contribution is -0.308. The summed E-state index contributed by atoms with van der Waals surface area (Å²) in [5.41, 5.74) is -0.142. The van der Waals surface area contributed by atoms with E-state index >= 15 is 0 Å². The maximum absolute atomic E-state index is 13.2. The second-order valence-electron chi connectivity index (χ2n) is 7.83. The van der Waals surface area contributed by atoms with Crippen molar-refractivity contribution in [3.63, 3.8) is 0 Å². The molecule has 0 bridgehead atoms. The van der Waals surface area contributed by atoms with Crippen LogP contribution in [-0.4, -0.2) is 53.5 Å². The summed E-state index contributed by atoms with van der Waals surface area (Å²) in [7, 11) is 0.